The van der Waals surface area contributed by atoms with Crippen LogP contribution >= 0.6 is 11.8 Å². The van der Waals surface area contributed by atoms with E-state index in [4.69, 9.17) is 0 Å². The number of benzene rings is 2. The van der Waals surface area contributed by atoms with E-state index in [9.17, 15) is 4.79 Å². The molecule has 0 unspecified atom stereocenters. The van der Waals surface area contributed by atoms with Gasteiger partial charge in [-0.3, -0.25) is 4.79 Å². The first-order valence-corrected chi connectivity index (χ1v) is 7.78. The number of nitrogens with one attached hydrogen (secondary N) is 1. The van der Waals surface area contributed by atoms with Crippen LogP contribution in [0.4, 0.5) is 11.4 Å². The summed E-state index contributed by atoms with van der Waals surface area (Å²) >= 11 is 1.88. The summed E-state index contributed by atoms with van der Waals surface area (Å²) in [4.78, 5) is 12.5. The number of thioether (sulfide) groups is 1. The van der Waals surface area contributed by atoms with Crippen LogP contribution < -0.4 is 5.32 Å². The lowest BCUT2D eigenvalue weighted by atomic mass is 10.1. The highest BCUT2D eigenvalue weighted by molar-refractivity contribution is 7.99. The van der Waals surface area contributed by atoms with Gasteiger partial charge in [-0.05, 0) is 67.6 Å². The molecule has 0 amide bonds. The Kier molecular flexibility index (Phi) is 5.24. The number of hydrogen-bond acceptors (Lipinski definition) is 3. The van der Waals surface area contributed by atoms with Gasteiger partial charge in [0.15, 0.2) is 5.78 Å². The minimum absolute atomic E-state index is 0.0915. The maximum Gasteiger partial charge on any atom is 0.159 e. The fraction of sp³-hybridized carbons (Fsp3) is 0.235. The molecule has 2 aromatic rings. The van der Waals surface area contributed by atoms with Crippen molar-refractivity contribution in [1.82, 2.24) is 0 Å². The Balaban J connectivity index is 2.00. The molecule has 0 bridgehead atoms. The topological polar surface area (TPSA) is 29.1 Å². The minimum atomic E-state index is 0.0915. The highest BCUT2D eigenvalue weighted by atomic mass is 32.2. The molecule has 0 aliphatic rings. The van der Waals surface area contributed by atoms with Gasteiger partial charge in [0.05, 0.1) is 0 Å². The zero-order chi connectivity index (χ0) is 14.4. The van der Waals surface area contributed by atoms with Gasteiger partial charge in [0.1, 0.15) is 0 Å². The summed E-state index contributed by atoms with van der Waals surface area (Å²) in [6.07, 6.45) is 1.19. The van der Waals surface area contributed by atoms with E-state index in [0.717, 1.165) is 22.7 Å². The maximum absolute atomic E-state index is 11.2. The number of Topliss-reactive ketones (excluding diaryl/α,β-unsaturated/α-hetero) is 1. The van der Waals surface area contributed by atoms with Crippen molar-refractivity contribution in [2.45, 2.75) is 25.2 Å². The summed E-state index contributed by atoms with van der Waals surface area (Å²) in [6, 6.07) is 16.0. The fourth-order valence-electron chi connectivity index (χ4n) is 1.81. The second-order valence-electron chi connectivity index (χ2n) is 4.63. The molecular weight excluding hydrogens is 266 g/mol. The van der Waals surface area contributed by atoms with E-state index in [0.29, 0.717) is 0 Å². The molecule has 0 saturated carbocycles. The van der Waals surface area contributed by atoms with E-state index < -0.39 is 0 Å². The quantitative estimate of drug-likeness (QED) is 0.589. The normalized spacial score (nSPS) is 10.3. The molecule has 0 saturated heterocycles. The minimum Gasteiger partial charge on any atom is -0.356 e. The van der Waals surface area contributed by atoms with Crippen molar-refractivity contribution in [3.63, 3.8) is 0 Å². The van der Waals surface area contributed by atoms with Gasteiger partial charge in [-0.25, -0.2) is 0 Å². The molecule has 104 valence electrons. The number of rotatable bonds is 6. The van der Waals surface area contributed by atoms with Crippen LogP contribution in [-0.4, -0.2) is 11.5 Å². The highest BCUT2D eigenvalue weighted by Gasteiger charge is 2.00. The van der Waals surface area contributed by atoms with Crippen molar-refractivity contribution in [2.75, 3.05) is 11.1 Å². The second kappa shape index (κ2) is 7.15. The van der Waals surface area contributed by atoms with Gasteiger partial charge >= 0.3 is 0 Å². The summed E-state index contributed by atoms with van der Waals surface area (Å²) in [5, 5.41) is 3.33. The lowest BCUT2D eigenvalue weighted by Crippen LogP contribution is -1.93. The van der Waals surface area contributed by atoms with Crippen molar-refractivity contribution in [3.8, 4) is 0 Å². The summed E-state index contributed by atoms with van der Waals surface area (Å²) in [6.45, 7) is 3.77. The Morgan fingerprint density at radius 2 is 1.55 bits per heavy atom. The van der Waals surface area contributed by atoms with E-state index in [-0.39, 0.29) is 5.78 Å². The molecule has 0 atom stereocenters. The van der Waals surface area contributed by atoms with E-state index in [1.54, 1.807) is 6.92 Å². The molecule has 2 nitrogen and oxygen atoms in total. The standard InChI is InChI=1S/C17H19NOS/c1-3-12-20-17-10-8-16(9-11-17)18-15-6-4-14(5-7-15)13(2)19/h4-11,18H,3,12H2,1-2H3. The molecule has 0 fully saturated rings. The van der Waals surface area contributed by atoms with E-state index in [2.05, 4.69) is 36.5 Å². The Bertz CT molecular complexity index is 561. The van der Waals surface area contributed by atoms with Gasteiger partial charge in [0.25, 0.3) is 0 Å². The molecule has 2 aromatic carbocycles. The molecule has 3 heteroatoms. The van der Waals surface area contributed by atoms with Crippen LogP contribution in [0.5, 0.6) is 0 Å². The highest BCUT2D eigenvalue weighted by Crippen LogP contribution is 2.23. The zero-order valence-electron chi connectivity index (χ0n) is 11.8. The number of ketones is 1. The number of carbonyl (C=O) groups excluding carboxylic acids is 1. The molecule has 0 spiro atoms. The first-order chi connectivity index (χ1) is 9.69. The third-order valence-electron chi connectivity index (χ3n) is 2.91. The Morgan fingerprint density at radius 1 is 1.00 bits per heavy atom. The van der Waals surface area contributed by atoms with Gasteiger partial charge in [-0.15, -0.1) is 11.8 Å². The third kappa shape index (κ3) is 4.14. The average Bonchev–Trinajstić information content (AvgIpc) is 2.47. The predicted octanol–water partition coefficient (Wildman–Crippen LogP) is 5.13. The smallest absolute Gasteiger partial charge is 0.159 e. The Morgan fingerprint density at radius 3 is 2.05 bits per heavy atom. The molecule has 1 N–H and O–H groups in total. The van der Waals surface area contributed by atoms with Crippen LogP contribution in [0.1, 0.15) is 30.6 Å². The molecule has 0 aliphatic carbocycles. The number of carbonyl (C=O) groups is 1. The van der Waals surface area contributed by atoms with Gasteiger partial charge in [0.2, 0.25) is 0 Å². The van der Waals surface area contributed by atoms with Gasteiger partial charge in [-0.1, -0.05) is 6.92 Å². The predicted molar refractivity (Wildman–Crippen MR) is 87.2 cm³/mol. The largest absolute Gasteiger partial charge is 0.356 e. The van der Waals surface area contributed by atoms with Crippen molar-refractivity contribution in [3.05, 3.63) is 54.1 Å². The molecule has 0 radical (unpaired) electrons. The van der Waals surface area contributed by atoms with Gasteiger partial charge < -0.3 is 5.32 Å². The van der Waals surface area contributed by atoms with Crippen molar-refractivity contribution in [2.24, 2.45) is 0 Å². The Labute approximate surface area is 124 Å². The third-order valence-corrected chi connectivity index (χ3v) is 4.13. The van der Waals surface area contributed by atoms with Crippen LogP contribution in [0.3, 0.4) is 0 Å². The van der Waals surface area contributed by atoms with Crippen LogP contribution in [0.2, 0.25) is 0 Å². The summed E-state index contributed by atoms with van der Waals surface area (Å²) in [5.74, 6) is 1.24. The number of anilines is 2. The van der Waals surface area contributed by atoms with E-state index >= 15 is 0 Å². The zero-order valence-corrected chi connectivity index (χ0v) is 12.7. The molecular formula is C17H19NOS. The summed E-state index contributed by atoms with van der Waals surface area (Å²) in [5.41, 5.74) is 2.78. The van der Waals surface area contributed by atoms with Crippen LogP contribution in [0, 0.1) is 0 Å². The lowest BCUT2D eigenvalue weighted by Gasteiger charge is -2.08. The van der Waals surface area contributed by atoms with E-state index in [1.807, 2.05) is 36.0 Å². The van der Waals surface area contributed by atoms with Crippen LogP contribution in [0.25, 0.3) is 0 Å². The second-order valence-corrected chi connectivity index (χ2v) is 5.80. The van der Waals surface area contributed by atoms with Crippen LogP contribution in [-0.2, 0) is 0 Å². The first kappa shape index (κ1) is 14.7. The van der Waals surface area contributed by atoms with Crippen molar-refractivity contribution in [1.29, 1.82) is 0 Å². The first-order valence-electron chi connectivity index (χ1n) is 6.80. The van der Waals surface area contributed by atoms with Crippen molar-refractivity contribution >= 4 is 28.9 Å². The summed E-state index contributed by atoms with van der Waals surface area (Å²) in [7, 11) is 0. The van der Waals surface area contributed by atoms with E-state index in [1.165, 1.54) is 11.3 Å². The molecule has 0 aliphatic heterocycles. The van der Waals surface area contributed by atoms with Gasteiger partial charge in [0, 0.05) is 21.8 Å². The van der Waals surface area contributed by atoms with Crippen molar-refractivity contribution < 1.29 is 4.79 Å². The monoisotopic (exact) mass is 285 g/mol. The average molecular weight is 285 g/mol. The SMILES string of the molecule is CCCSc1ccc(Nc2ccc(C(C)=O)cc2)cc1. The molecule has 2 rings (SSSR count). The lowest BCUT2D eigenvalue weighted by molar-refractivity contribution is 0.101. The van der Waals surface area contributed by atoms with Crippen LogP contribution in [0.15, 0.2) is 53.4 Å². The number of hydrogen-bond donors (Lipinski definition) is 1. The molecule has 0 heterocycles. The molecule has 0 aromatic heterocycles. The molecule has 20 heavy (non-hydrogen) atoms. The summed E-state index contributed by atoms with van der Waals surface area (Å²) < 4.78 is 0. The Hall–Kier alpha value is -1.74. The fourth-order valence-corrected chi connectivity index (χ4v) is 2.58. The maximum atomic E-state index is 11.2. The van der Waals surface area contributed by atoms with Gasteiger partial charge in [-0.2, -0.15) is 0 Å².